The van der Waals surface area contributed by atoms with E-state index >= 15 is 0 Å². The van der Waals surface area contributed by atoms with Crippen LogP contribution in [-0.2, 0) is 19.6 Å². The Labute approximate surface area is 173 Å². The van der Waals surface area contributed by atoms with Crippen molar-refractivity contribution in [3.8, 4) is 11.5 Å². The third-order valence-electron chi connectivity index (χ3n) is 4.30. The second-order valence-corrected chi connectivity index (χ2v) is 9.80. The number of carbonyl (C=O) groups excluding carboxylic acids is 1. The van der Waals surface area contributed by atoms with E-state index in [1.165, 1.54) is 35.3 Å². The van der Waals surface area contributed by atoms with Crippen LogP contribution in [0, 0.1) is 0 Å². The summed E-state index contributed by atoms with van der Waals surface area (Å²) < 4.78 is 37.5. The van der Waals surface area contributed by atoms with Gasteiger partial charge >= 0.3 is 5.97 Å². The Morgan fingerprint density at radius 2 is 1.93 bits per heavy atom. The van der Waals surface area contributed by atoms with Crippen molar-refractivity contribution in [2.24, 2.45) is 0 Å². The minimum Gasteiger partial charge on any atom is -0.468 e. The number of thioether (sulfide) groups is 1. The van der Waals surface area contributed by atoms with Crippen LogP contribution >= 0.6 is 23.4 Å². The highest BCUT2D eigenvalue weighted by atomic mass is 35.5. The van der Waals surface area contributed by atoms with Crippen molar-refractivity contribution in [2.45, 2.75) is 16.6 Å². The van der Waals surface area contributed by atoms with Crippen molar-refractivity contribution >= 4 is 39.4 Å². The number of carbonyl (C=O) groups is 1. The van der Waals surface area contributed by atoms with Gasteiger partial charge in [0.15, 0.2) is 0 Å². The number of benzene rings is 2. The summed E-state index contributed by atoms with van der Waals surface area (Å²) in [5, 5.41) is 0.559. The molecule has 6 nitrogen and oxygen atoms in total. The van der Waals surface area contributed by atoms with Crippen molar-refractivity contribution in [2.75, 3.05) is 26.0 Å². The van der Waals surface area contributed by atoms with Crippen LogP contribution in [0.25, 0.3) is 0 Å². The highest BCUT2D eigenvalue weighted by Gasteiger charge is 2.33. The Hall–Kier alpha value is -1.74. The van der Waals surface area contributed by atoms with E-state index in [4.69, 9.17) is 16.3 Å². The second kappa shape index (κ2) is 9.17. The molecule has 1 aliphatic heterocycles. The van der Waals surface area contributed by atoms with Crippen molar-refractivity contribution in [1.29, 1.82) is 0 Å². The first kappa shape index (κ1) is 21.0. The van der Waals surface area contributed by atoms with Gasteiger partial charge in [0.1, 0.15) is 11.5 Å². The van der Waals surface area contributed by atoms with Gasteiger partial charge in [0, 0.05) is 18.3 Å². The lowest BCUT2D eigenvalue weighted by Crippen LogP contribution is -2.29. The number of esters is 1. The second-order valence-electron chi connectivity index (χ2n) is 6.16. The molecule has 0 spiro atoms. The predicted molar refractivity (Wildman–Crippen MR) is 110 cm³/mol. The summed E-state index contributed by atoms with van der Waals surface area (Å²) >= 11 is 7.50. The van der Waals surface area contributed by atoms with Gasteiger partial charge in [-0.3, -0.25) is 4.79 Å². The van der Waals surface area contributed by atoms with Crippen molar-refractivity contribution in [1.82, 2.24) is 4.31 Å². The van der Waals surface area contributed by atoms with Gasteiger partial charge in [-0.05, 0) is 42.8 Å². The zero-order valence-corrected chi connectivity index (χ0v) is 17.6. The third kappa shape index (κ3) is 5.00. The van der Waals surface area contributed by atoms with Crippen molar-refractivity contribution in [3.05, 3.63) is 53.6 Å². The standard InChI is InChI=1S/C19H20ClNO5S2/c1-25-19(22)13-27-15-10-11-21(12-15)28(23,24)16-8-6-14(7-9-16)26-18-5-3-2-4-17(18)20/h2-9,15H,10-13H2,1H3. The minimum atomic E-state index is -3.59. The Bertz CT molecular complexity index is 934. The summed E-state index contributed by atoms with van der Waals surface area (Å²) in [5.74, 6) is 0.925. The molecule has 1 atom stereocenters. The number of hydrogen-bond donors (Lipinski definition) is 0. The van der Waals surface area contributed by atoms with Crippen LogP contribution < -0.4 is 4.74 Å². The van der Waals surface area contributed by atoms with E-state index < -0.39 is 10.0 Å². The molecule has 28 heavy (non-hydrogen) atoms. The van der Waals surface area contributed by atoms with E-state index in [2.05, 4.69) is 4.74 Å². The minimum absolute atomic E-state index is 0.0803. The van der Waals surface area contributed by atoms with E-state index in [0.717, 1.165) is 0 Å². The van der Waals surface area contributed by atoms with Gasteiger partial charge in [-0.15, -0.1) is 11.8 Å². The van der Waals surface area contributed by atoms with Gasteiger partial charge in [0.05, 0.1) is 22.8 Å². The molecule has 2 aromatic carbocycles. The van der Waals surface area contributed by atoms with Gasteiger partial charge in [-0.25, -0.2) is 8.42 Å². The van der Waals surface area contributed by atoms with E-state index in [1.807, 2.05) is 6.07 Å². The number of rotatable bonds is 7. The summed E-state index contributed by atoms with van der Waals surface area (Å²) in [6.45, 7) is 0.806. The molecule has 1 saturated heterocycles. The molecule has 0 N–H and O–H groups in total. The summed E-state index contributed by atoms with van der Waals surface area (Å²) in [4.78, 5) is 11.5. The largest absolute Gasteiger partial charge is 0.468 e. The first-order valence-corrected chi connectivity index (χ1v) is 11.5. The van der Waals surface area contributed by atoms with Gasteiger partial charge in [0.2, 0.25) is 10.0 Å². The van der Waals surface area contributed by atoms with Gasteiger partial charge in [0.25, 0.3) is 0 Å². The number of para-hydroxylation sites is 1. The van der Waals surface area contributed by atoms with E-state index in [1.54, 1.807) is 30.3 Å². The Kier molecular flexibility index (Phi) is 6.87. The molecule has 150 valence electrons. The molecule has 9 heteroatoms. The van der Waals surface area contributed by atoms with Gasteiger partial charge < -0.3 is 9.47 Å². The lowest BCUT2D eigenvalue weighted by molar-refractivity contribution is -0.137. The average Bonchev–Trinajstić information content (AvgIpc) is 3.18. The number of halogens is 1. The molecule has 0 aliphatic carbocycles. The Balaban J connectivity index is 1.64. The Morgan fingerprint density at radius 3 is 2.61 bits per heavy atom. The SMILES string of the molecule is COC(=O)CSC1CCN(S(=O)(=O)c2ccc(Oc3ccccc3Cl)cc2)C1. The van der Waals surface area contributed by atoms with Crippen LogP contribution in [0.3, 0.4) is 0 Å². The normalized spacial score (nSPS) is 17.4. The number of methoxy groups -OCH3 is 1. The van der Waals surface area contributed by atoms with Crippen LogP contribution in [0.2, 0.25) is 5.02 Å². The molecule has 0 bridgehead atoms. The van der Waals surface area contributed by atoms with E-state index in [9.17, 15) is 13.2 Å². The maximum atomic E-state index is 12.9. The first-order valence-electron chi connectivity index (χ1n) is 8.61. The van der Waals surface area contributed by atoms with Crippen LogP contribution in [0.15, 0.2) is 53.4 Å². The number of nitrogens with zero attached hydrogens (tertiary/aromatic N) is 1. The van der Waals surface area contributed by atoms with Crippen LogP contribution in [-0.4, -0.2) is 49.9 Å². The summed E-state index contributed by atoms with van der Waals surface area (Å²) in [7, 11) is -2.25. The fourth-order valence-corrected chi connectivity index (χ4v) is 5.60. The first-order chi connectivity index (χ1) is 13.4. The molecule has 3 rings (SSSR count). The molecule has 0 amide bonds. The monoisotopic (exact) mass is 441 g/mol. The summed E-state index contributed by atoms with van der Waals surface area (Å²) in [6, 6.07) is 13.3. The van der Waals surface area contributed by atoms with Crippen LogP contribution in [0.5, 0.6) is 11.5 Å². The average molecular weight is 442 g/mol. The van der Waals surface area contributed by atoms with Crippen molar-refractivity contribution < 1.29 is 22.7 Å². The number of sulfonamides is 1. The van der Waals surface area contributed by atoms with E-state index in [-0.39, 0.29) is 21.9 Å². The topological polar surface area (TPSA) is 72.9 Å². The lowest BCUT2D eigenvalue weighted by atomic mass is 10.3. The van der Waals surface area contributed by atoms with Crippen molar-refractivity contribution in [3.63, 3.8) is 0 Å². The molecular formula is C19H20ClNO5S2. The molecule has 2 aromatic rings. The smallest absolute Gasteiger partial charge is 0.315 e. The lowest BCUT2D eigenvalue weighted by Gasteiger charge is -2.17. The maximum Gasteiger partial charge on any atom is 0.315 e. The summed E-state index contributed by atoms with van der Waals surface area (Å²) in [5.41, 5.74) is 0. The molecular weight excluding hydrogens is 422 g/mol. The fourth-order valence-electron chi connectivity index (χ4n) is 2.78. The zero-order valence-electron chi connectivity index (χ0n) is 15.2. The summed E-state index contributed by atoms with van der Waals surface area (Å²) in [6.07, 6.45) is 0.703. The highest BCUT2D eigenvalue weighted by molar-refractivity contribution is 8.00. The Morgan fingerprint density at radius 1 is 1.21 bits per heavy atom. The maximum absolute atomic E-state index is 12.9. The molecule has 0 radical (unpaired) electrons. The quantitative estimate of drug-likeness (QED) is 0.608. The molecule has 1 unspecified atom stereocenters. The molecule has 1 heterocycles. The number of ether oxygens (including phenoxy) is 2. The molecule has 0 saturated carbocycles. The zero-order chi connectivity index (χ0) is 20.1. The fraction of sp³-hybridized carbons (Fsp3) is 0.316. The molecule has 1 aliphatic rings. The van der Waals surface area contributed by atoms with E-state index in [0.29, 0.717) is 36.0 Å². The van der Waals surface area contributed by atoms with Gasteiger partial charge in [-0.1, -0.05) is 23.7 Å². The highest BCUT2D eigenvalue weighted by Crippen LogP contribution is 2.31. The predicted octanol–water partition coefficient (Wildman–Crippen LogP) is 3.80. The van der Waals surface area contributed by atoms with Gasteiger partial charge in [-0.2, -0.15) is 4.31 Å². The number of hydrogen-bond acceptors (Lipinski definition) is 6. The third-order valence-corrected chi connectivity index (χ3v) is 7.75. The molecule has 0 aromatic heterocycles. The molecule has 1 fully saturated rings. The van der Waals surface area contributed by atoms with Crippen LogP contribution in [0.4, 0.5) is 0 Å². The van der Waals surface area contributed by atoms with Crippen LogP contribution in [0.1, 0.15) is 6.42 Å².